The Morgan fingerprint density at radius 3 is 2.43 bits per heavy atom. The van der Waals surface area contributed by atoms with E-state index in [1.165, 1.54) is 0 Å². The van der Waals surface area contributed by atoms with E-state index in [1.807, 2.05) is 61.5 Å². The molecular weight excluding hydrogens is 261 g/mol. The van der Waals surface area contributed by atoms with Crippen molar-refractivity contribution in [3.05, 3.63) is 65.7 Å². The Kier molecular flexibility index (Phi) is 5.44. The predicted molar refractivity (Wildman–Crippen MR) is 84.8 cm³/mol. The molecule has 1 N–H and O–H groups in total. The normalized spacial score (nSPS) is 11.7. The lowest BCUT2D eigenvalue weighted by atomic mass is 9.94. The van der Waals surface area contributed by atoms with E-state index in [9.17, 15) is 4.79 Å². The number of carbonyl (C=O) groups is 1. The Labute approximate surface area is 126 Å². The summed E-state index contributed by atoms with van der Waals surface area (Å²) in [5.74, 6) is 0. The molecule has 2 radical (unpaired) electrons. The summed E-state index contributed by atoms with van der Waals surface area (Å²) in [5.41, 5.74) is 2.83. The fraction of sp³-hybridized carbons (Fsp3) is 0.235. The minimum atomic E-state index is -0.401. The van der Waals surface area contributed by atoms with Crippen LogP contribution in [0.3, 0.4) is 0 Å². The first-order valence-electron chi connectivity index (χ1n) is 6.95. The van der Waals surface area contributed by atoms with Crippen LogP contribution >= 0.6 is 0 Å². The first-order valence-corrected chi connectivity index (χ1v) is 6.95. The van der Waals surface area contributed by atoms with Crippen LogP contribution in [-0.4, -0.2) is 20.0 Å². The maximum absolute atomic E-state index is 11.7. The molecule has 1 unspecified atom stereocenters. The number of hydrogen-bond donors (Lipinski definition) is 1. The smallest absolute Gasteiger partial charge is 0.407 e. The third-order valence-corrected chi connectivity index (χ3v) is 3.10. The van der Waals surface area contributed by atoms with Gasteiger partial charge in [0.25, 0.3) is 0 Å². The Bertz CT molecular complexity index is 569. The molecule has 0 aliphatic rings. The van der Waals surface area contributed by atoms with Crippen molar-refractivity contribution in [2.45, 2.75) is 26.0 Å². The van der Waals surface area contributed by atoms with Crippen molar-refractivity contribution < 1.29 is 9.53 Å². The highest BCUT2D eigenvalue weighted by atomic mass is 16.5. The average Bonchev–Trinajstić information content (AvgIpc) is 2.48. The molecule has 0 aliphatic heterocycles. The molecule has 21 heavy (non-hydrogen) atoms. The van der Waals surface area contributed by atoms with Gasteiger partial charge in [0.05, 0.1) is 0 Å². The number of alkyl carbamates (subject to hydrolysis) is 1. The van der Waals surface area contributed by atoms with Crippen LogP contribution in [0, 0.1) is 0 Å². The summed E-state index contributed by atoms with van der Waals surface area (Å²) >= 11 is 0. The number of ether oxygens (including phenoxy) is 1. The summed E-state index contributed by atoms with van der Waals surface area (Å²) in [5, 5.41) is 2.82. The number of carbonyl (C=O) groups excluding carboxylic acids is 1. The van der Waals surface area contributed by atoms with E-state index in [2.05, 4.69) is 5.32 Å². The zero-order valence-electron chi connectivity index (χ0n) is 12.1. The minimum absolute atomic E-state index is 0.00287. The van der Waals surface area contributed by atoms with Gasteiger partial charge in [-0.05, 0) is 24.5 Å². The summed E-state index contributed by atoms with van der Waals surface area (Å²) in [6.45, 7) is 2.22. The van der Waals surface area contributed by atoms with Gasteiger partial charge in [0.1, 0.15) is 14.5 Å². The monoisotopic (exact) mass is 279 g/mol. The molecule has 0 fully saturated rings. The van der Waals surface area contributed by atoms with Crippen molar-refractivity contribution in [1.29, 1.82) is 0 Å². The minimum Gasteiger partial charge on any atom is -0.445 e. The number of hydrogen-bond acceptors (Lipinski definition) is 2. The van der Waals surface area contributed by atoms with Gasteiger partial charge in [0.15, 0.2) is 0 Å². The average molecular weight is 279 g/mol. The molecule has 4 heteroatoms. The zero-order valence-corrected chi connectivity index (χ0v) is 12.1. The van der Waals surface area contributed by atoms with Crippen LogP contribution in [0.15, 0.2) is 54.6 Å². The van der Waals surface area contributed by atoms with Crippen molar-refractivity contribution in [3.8, 4) is 0 Å². The quantitative estimate of drug-likeness (QED) is 0.853. The lowest BCUT2D eigenvalue weighted by molar-refractivity contribution is 0.136. The van der Waals surface area contributed by atoms with Crippen LogP contribution < -0.4 is 10.8 Å². The van der Waals surface area contributed by atoms with Gasteiger partial charge in [0, 0.05) is 6.04 Å². The molecule has 0 aliphatic carbocycles. The molecule has 2 aromatic rings. The van der Waals surface area contributed by atoms with Crippen LogP contribution in [0.2, 0.25) is 0 Å². The van der Waals surface area contributed by atoms with Crippen LogP contribution in [0.1, 0.15) is 18.1 Å². The fourth-order valence-corrected chi connectivity index (χ4v) is 2.02. The maximum atomic E-state index is 11.7. The van der Waals surface area contributed by atoms with Crippen molar-refractivity contribution in [2.75, 3.05) is 0 Å². The summed E-state index contributed by atoms with van der Waals surface area (Å²) in [6.07, 6.45) is 0.336. The Morgan fingerprint density at radius 2 is 1.76 bits per heavy atom. The molecule has 0 saturated heterocycles. The van der Waals surface area contributed by atoms with E-state index >= 15 is 0 Å². The number of amides is 1. The molecule has 2 aromatic carbocycles. The number of nitrogens with one attached hydrogen (secondary N) is 1. The second-order valence-corrected chi connectivity index (χ2v) is 5.05. The molecular formula is C17H18BNO2. The van der Waals surface area contributed by atoms with Crippen LogP contribution in [-0.2, 0) is 17.8 Å². The second-order valence-electron chi connectivity index (χ2n) is 5.05. The largest absolute Gasteiger partial charge is 0.445 e. The Balaban J connectivity index is 1.75. The molecule has 1 amide bonds. The van der Waals surface area contributed by atoms with Crippen LogP contribution in [0.5, 0.6) is 0 Å². The zero-order chi connectivity index (χ0) is 15.1. The van der Waals surface area contributed by atoms with E-state index < -0.39 is 6.09 Å². The maximum Gasteiger partial charge on any atom is 0.407 e. The number of benzene rings is 2. The van der Waals surface area contributed by atoms with E-state index in [1.54, 1.807) is 0 Å². The summed E-state index contributed by atoms with van der Waals surface area (Å²) in [4.78, 5) is 11.7. The second kappa shape index (κ2) is 7.53. The lowest BCUT2D eigenvalue weighted by Gasteiger charge is -2.14. The van der Waals surface area contributed by atoms with Gasteiger partial charge in [-0.25, -0.2) is 4.79 Å². The molecule has 3 nitrogen and oxygen atoms in total. The standard InChI is InChI=1S/C17H18BNO2/c1-13(11-14-7-9-16(18)10-8-14)19-17(20)21-12-15-5-3-2-4-6-15/h2-10,13H,11-12H2,1H3,(H,19,20). The van der Waals surface area contributed by atoms with Gasteiger partial charge in [-0.1, -0.05) is 60.1 Å². The van der Waals surface area contributed by atoms with Crippen molar-refractivity contribution in [2.24, 2.45) is 0 Å². The van der Waals surface area contributed by atoms with E-state index in [-0.39, 0.29) is 12.6 Å². The van der Waals surface area contributed by atoms with E-state index in [4.69, 9.17) is 12.6 Å². The van der Waals surface area contributed by atoms with Crippen molar-refractivity contribution in [1.82, 2.24) is 5.32 Å². The predicted octanol–water partition coefficient (Wildman–Crippen LogP) is 2.34. The molecule has 0 saturated carbocycles. The molecule has 0 aromatic heterocycles. The Hall–Kier alpha value is -2.23. The fourth-order valence-electron chi connectivity index (χ4n) is 2.02. The first kappa shape index (κ1) is 15.2. The summed E-state index contributed by atoms with van der Waals surface area (Å²) in [7, 11) is 5.64. The van der Waals surface area contributed by atoms with Gasteiger partial charge in [-0.15, -0.1) is 0 Å². The highest BCUT2D eigenvalue weighted by Gasteiger charge is 2.09. The molecule has 1 atom stereocenters. The highest BCUT2D eigenvalue weighted by molar-refractivity contribution is 6.32. The van der Waals surface area contributed by atoms with Gasteiger partial charge in [-0.3, -0.25) is 0 Å². The molecule has 2 rings (SSSR count). The van der Waals surface area contributed by atoms with Gasteiger partial charge in [0.2, 0.25) is 0 Å². The van der Waals surface area contributed by atoms with Gasteiger partial charge < -0.3 is 10.1 Å². The van der Waals surface area contributed by atoms with E-state index in [0.717, 1.165) is 23.0 Å². The Morgan fingerprint density at radius 1 is 1.10 bits per heavy atom. The molecule has 0 spiro atoms. The first-order chi connectivity index (χ1) is 10.1. The number of rotatable bonds is 5. The van der Waals surface area contributed by atoms with Crippen LogP contribution in [0.25, 0.3) is 0 Å². The van der Waals surface area contributed by atoms with Crippen LogP contribution in [0.4, 0.5) is 4.79 Å². The third kappa shape index (κ3) is 5.34. The lowest BCUT2D eigenvalue weighted by Crippen LogP contribution is -2.34. The summed E-state index contributed by atoms with van der Waals surface area (Å²) in [6, 6.07) is 17.2. The molecule has 0 bridgehead atoms. The summed E-state index contributed by atoms with van der Waals surface area (Å²) < 4.78 is 5.19. The SMILES string of the molecule is [B]c1ccc(CC(C)NC(=O)OCc2ccccc2)cc1. The third-order valence-electron chi connectivity index (χ3n) is 3.10. The van der Waals surface area contributed by atoms with Crippen molar-refractivity contribution in [3.63, 3.8) is 0 Å². The van der Waals surface area contributed by atoms with Gasteiger partial charge in [-0.2, -0.15) is 0 Å². The van der Waals surface area contributed by atoms with E-state index in [0.29, 0.717) is 0 Å². The van der Waals surface area contributed by atoms with Gasteiger partial charge >= 0.3 is 6.09 Å². The molecule has 106 valence electrons. The highest BCUT2D eigenvalue weighted by Crippen LogP contribution is 2.03. The molecule has 0 heterocycles. The topological polar surface area (TPSA) is 38.3 Å². The van der Waals surface area contributed by atoms with Crippen molar-refractivity contribution >= 4 is 19.4 Å².